The van der Waals surface area contributed by atoms with Crippen LogP contribution in [0.2, 0.25) is 10.0 Å². The lowest BCUT2D eigenvalue weighted by molar-refractivity contribution is -0.122. The van der Waals surface area contributed by atoms with E-state index in [-0.39, 0.29) is 18.2 Å². The number of amides is 2. The second kappa shape index (κ2) is 7.46. The molecule has 0 unspecified atom stereocenters. The molecule has 1 saturated heterocycles. The van der Waals surface area contributed by atoms with E-state index in [1.807, 2.05) is 24.3 Å². The largest absolute Gasteiger partial charge is 0.324 e. The highest BCUT2D eigenvalue weighted by molar-refractivity contribution is 6.36. The lowest BCUT2D eigenvalue weighted by Crippen LogP contribution is -2.28. The zero-order valence-corrected chi connectivity index (χ0v) is 15.3. The fourth-order valence-corrected chi connectivity index (χ4v) is 3.33. The summed E-state index contributed by atoms with van der Waals surface area (Å²) in [4.78, 5) is 26.5. The summed E-state index contributed by atoms with van der Waals surface area (Å²) in [6.07, 6.45) is 1.13. The van der Waals surface area contributed by atoms with Crippen LogP contribution in [-0.4, -0.2) is 18.4 Å². The van der Waals surface area contributed by atoms with Gasteiger partial charge in [0.05, 0.1) is 16.6 Å². The summed E-state index contributed by atoms with van der Waals surface area (Å²) in [6.45, 7) is 2.44. The maximum Gasteiger partial charge on any atom is 0.229 e. The van der Waals surface area contributed by atoms with Crippen molar-refractivity contribution in [1.29, 1.82) is 0 Å². The molecule has 1 atom stereocenters. The minimum Gasteiger partial charge on any atom is -0.324 e. The Morgan fingerprint density at radius 2 is 1.92 bits per heavy atom. The third kappa shape index (κ3) is 3.97. The molecule has 0 radical (unpaired) electrons. The van der Waals surface area contributed by atoms with E-state index in [1.54, 1.807) is 23.1 Å². The van der Waals surface area contributed by atoms with Gasteiger partial charge in [0.15, 0.2) is 0 Å². The summed E-state index contributed by atoms with van der Waals surface area (Å²) < 4.78 is 0. The molecule has 2 aromatic carbocycles. The van der Waals surface area contributed by atoms with Crippen molar-refractivity contribution in [3.63, 3.8) is 0 Å². The average Bonchev–Trinajstić information content (AvgIpc) is 2.99. The highest BCUT2D eigenvalue weighted by Gasteiger charge is 2.35. The second-order valence-corrected chi connectivity index (χ2v) is 6.88. The number of hydrogen-bond acceptors (Lipinski definition) is 2. The maximum absolute atomic E-state index is 12.5. The molecule has 6 heteroatoms. The molecule has 25 heavy (non-hydrogen) atoms. The van der Waals surface area contributed by atoms with Crippen molar-refractivity contribution in [3.05, 3.63) is 58.1 Å². The Kier molecular flexibility index (Phi) is 5.30. The Morgan fingerprint density at radius 1 is 1.20 bits per heavy atom. The van der Waals surface area contributed by atoms with Gasteiger partial charge in [-0.05, 0) is 42.3 Å². The van der Waals surface area contributed by atoms with Crippen LogP contribution in [0.15, 0.2) is 42.5 Å². The quantitative estimate of drug-likeness (QED) is 0.850. The third-order valence-electron chi connectivity index (χ3n) is 4.34. The number of nitrogens with one attached hydrogen (secondary N) is 1. The van der Waals surface area contributed by atoms with Gasteiger partial charge in [-0.3, -0.25) is 9.59 Å². The first-order chi connectivity index (χ1) is 12.0. The van der Waals surface area contributed by atoms with E-state index in [4.69, 9.17) is 23.2 Å². The van der Waals surface area contributed by atoms with E-state index >= 15 is 0 Å². The van der Waals surface area contributed by atoms with E-state index in [0.29, 0.717) is 22.3 Å². The summed E-state index contributed by atoms with van der Waals surface area (Å²) in [5.74, 6) is -0.679. The lowest BCUT2D eigenvalue weighted by Gasteiger charge is -2.17. The predicted octanol–water partition coefficient (Wildman–Crippen LogP) is 4.55. The first kappa shape index (κ1) is 17.8. The van der Waals surface area contributed by atoms with Crippen molar-refractivity contribution in [3.8, 4) is 0 Å². The number of nitrogens with zero attached hydrogens (tertiary/aromatic N) is 1. The fourth-order valence-electron chi connectivity index (χ4n) is 2.87. The van der Waals surface area contributed by atoms with Crippen LogP contribution in [0.3, 0.4) is 0 Å². The van der Waals surface area contributed by atoms with Crippen molar-refractivity contribution < 1.29 is 9.59 Å². The Balaban J connectivity index is 1.69. The first-order valence-electron chi connectivity index (χ1n) is 8.13. The van der Waals surface area contributed by atoms with Gasteiger partial charge >= 0.3 is 0 Å². The van der Waals surface area contributed by atoms with E-state index < -0.39 is 5.92 Å². The van der Waals surface area contributed by atoms with Crippen LogP contribution < -0.4 is 10.2 Å². The van der Waals surface area contributed by atoms with E-state index in [9.17, 15) is 9.59 Å². The number of carbonyl (C=O) groups excluding carboxylic acids is 2. The molecule has 130 valence electrons. The molecule has 1 aliphatic rings. The number of benzene rings is 2. The van der Waals surface area contributed by atoms with E-state index in [1.165, 1.54) is 5.56 Å². The smallest absolute Gasteiger partial charge is 0.229 e. The number of hydrogen-bond donors (Lipinski definition) is 1. The van der Waals surface area contributed by atoms with Gasteiger partial charge in [0.1, 0.15) is 0 Å². The molecule has 0 saturated carbocycles. The Labute approximate surface area is 156 Å². The molecule has 0 aromatic heterocycles. The molecule has 1 heterocycles. The molecule has 1 N–H and O–H groups in total. The number of carbonyl (C=O) groups is 2. The van der Waals surface area contributed by atoms with Crippen LogP contribution in [0.1, 0.15) is 18.9 Å². The zero-order chi connectivity index (χ0) is 18.0. The molecule has 2 aromatic rings. The molecule has 2 amide bonds. The monoisotopic (exact) mass is 376 g/mol. The van der Waals surface area contributed by atoms with Gasteiger partial charge in [0, 0.05) is 23.7 Å². The molecular formula is C19H18Cl2N2O2. The third-order valence-corrected chi connectivity index (χ3v) is 4.89. The Bertz CT molecular complexity index is 806. The van der Waals surface area contributed by atoms with E-state index in [2.05, 4.69) is 12.2 Å². The minimum atomic E-state index is -0.412. The van der Waals surface area contributed by atoms with Crippen LogP contribution >= 0.6 is 23.2 Å². The van der Waals surface area contributed by atoms with Crippen molar-refractivity contribution in [1.82, 2.24) is 0 Å². The number of anilines is 2. The first-order valence-corrected chi connectivity index (χ1v) is 8.88. The van der Waals surface area contributed by atoms with Crippen molar-refractivity contribution in [2.24, 2.45) is 5.92 Å². The number of halogens is 2. The van der Waals surface area contributed by atoms with E-state index in [0.717, 1.165) is 12.1 Å². The molecule has 0 spiro atoms. The summed E-state index contributed by atoms with van der Waals surface area (Å²) in [7, 11) is 0. The topological polar surface area (TPSA) is 49.4 Å². The Morgan fingerprint density at radius 3 is 2.56 bits per heavy atom. The summed E-state index contributed by atoms with van der Waals surface area (Å²) in [5.41, 5.74) is 2.53. The van der Waals surface area contributed by atoms with Crippen LogP contribution in [0, 0.1) is 5.92 Å². The molecular weight excluding hydrogens is 359 g/mol. The van der Waals surface area contributed by atoms with Crippen molar-refractivity contribution in [2.75, 3.05) is 16.8 Å². The van der Waals surface area contributed by atoms with Gasteiger partial charge in [-0.1, -0.05) is 42.3 Å². The second-order valence-electron chi connectivity index (χ2n) is 6.04. The SMILES string of the molecule is CCc1ccc(N2C[C@@H](C(=O)Nc3ccc(Cl)cc3Cl)CC2=O)cc1. The molecule has 1 fully saturated rings. The molecule has 0 aliphatic carbocycles. The minimum absolute atomic E-state index is 0.0494. The van der Waals surface area contributed by atoms with Gasteiger partial charge in [0.2, 0.25) is 11.8 Å². The summed E-state index contributed by atoms with van der Waals surface area (Å²) in [5, 5.41) is 3.65. The maximum atomic E-state index is 12.5. The Hall–Kier alpha value is -2.04. The lowest BCUT2D eigenvalue weighted by atomic mass is 10.1. The molecule has 0 bridgehead atoms. The number of rotatable bonds is 4. The molecule has 1 aliphatic heterocycles. The number of aryl methyl sites for hydroxylation is 1. The fraction of sp³-hybridized carbons (Fsp3) is 0.263. The molecule has 3 rings (SSSR count). The van der Waals surface area contributed by atoms with Gasteiger partial charge in [-0.15, -0.1) is 0 Å². The van der Waals surface area contributed by atoms with Crippen molar-refractivity contribution in [2.45, 2.75) is 19.8 Å². The van der Waals surface area contributed by atoms with Crippen LogP contribution in [0.4, 0.5) is 11.4 Å². The molecule has 4 nitrogen and oxygen atoms in total. The zero-order valence-electron chi connectivity index (χ0n) is 13.8. The summed E-state index contributed by atoms with van der Waals surface area (Å²) in [6, 6.07) is 12.7. The highest BCUT2D eigenvalue weighted by atomic mass is 35.5. The van der Waals surface area contributed by atoms with Crippen LogP contribution in [0.25, 0.3) is 0 Å². The van der Waals surface area contributed by atoms with Crippen LogP contribution in [-0.2, 0) is 16.0 Å². The average molecular weight is 377 g/mol. The van der Waals surface area contributed by atoms with Crippen LogP contribution in [0.5, 0.6) is 0 Å². The van der Waals surface area contributed by atoms with Gasteiger partial charge in [-0.2, -0.15) is 0 Å². The highest BCUT2D eigenvalue weighted by Crippen LogP contribution is 2.29. The predicted molar refractivity (Wildman–Crippen MR) is 101 cm³/mol. The van der Waals surface area contributed by atoms with Gasteiger partial charge < -0.3 is 10.2 Å². The van der Waals surface area contributed by atoms with Crippen molar-refractivity contribution >= 4 is 46.4 Å². The van der Waals surface area contributed by atoms with Gasteiger partial charge in [-0.25, -0.2) is 0 Å². The van der Waals surface area contributed by atoms with Gasteiger partial charge in [0.25, 0.3) is 0 Å². The standard InChI is InChI=1S/C19H18Cl2N2O2/c1-2-12-3-6-15(7-4-12)23-11-13(9-18(23)24)19(25)22-17-8-5-14(20)10-16(17)21/h3-8,10,13H,2,9,11H2,1H3,(H,22,25)/t13-/m0/s1. The summed E-state index contributed by atoms with van der Waals surface area (Å²) >= 11 is 11.9. The normalized spacial score (nSPS) is 17.0.